The molecule has 0 amide bonds. The first-order valence-electron chi connectivity index (χ1n) is 9.43. The molecule has 0 aliphatic carbocycles. The van der Waals surface area contributed by atoms with Gasteiger partial charge in [-0.05, 0) is 17.7 Å². The van der Waals surface area contributed by atoms with Crippen molar-refractivity contribution < 1.29 is 31.6 Å². The van der Waals surface area contributed by atoms with E-state index in [1.807, 2.05) is 0 Å². The molecule has 0 spiro atoms. The van der Waals surface area contributed by atoms with Gasteiger partial charge in [-0.3, -0.25) is 4.79 Å². The van der Waals surface area contributed by atoms with Crippen LogP contribution >= 0.6 is 0 Å². The van der Waals surface area contributed by atoms with Crippen LogP contribution in [-0.4, -0.2) is 52.0 Å². The molecule has 1 atom stereocenters. The van der Waals surface area contributed by atoms with Crippen LogP contribution in [-0.2, 0) is 33.9 Å². The molecular weight excluding hydrogens is 419 g/mol. The zero-order chi connectivity index (χ0) is 23.0. The number of ether oxygens (including phenoxy) is 3. The van der Waals surface area contributed by atoms with E-state index in [9.17, 15) is 13.2 Å². The van der Waals surface area contributed by atoms with E-state index in [0.717, 1.165) is 0 Å². The van der Waals surface area contributed by atoms with Crippen molar-refractivity contribution in [1.29, 1.82) is 0 Å². The van der Waals surface area contributed by atoms with Gasteiger partial charge >= 0.3 is 10.1 Å². The van der Waals surface area contributed by atoms with Gasteiger partial charge in [0.15, 0.2) is 13.3 Å². The quantitative estimate of drug-likeness (QED) is 0.415. The molecule has 0 bridgehead atoms. The van der Waals surface area contributed by atoms with Crippen LogP contribution in [0.15, 0.2) is 60.2 Å². The highest BCUT2D eigenvalue weighted by molar-refractivity contribution is 7.90. The van der Waals surface area contributed by atoms with Gasteiger partial charge < -0.3 is 24.1 Å². The van der Waals surface area contributed by atoms with Crippen LogP contribution in [0.5, 0.6) is 11.5 Å². The monoisotopic (exact) mass is 441 g/mol. The van der Waals surface area contributed by atoms with Gasteiger partial charge in [-0.15, -0.1) is 0 Å². The molecule has 1 unspecified atom stereocenters. The number of rotatable bonds is 7. The fourth-order valence-corrected chi connectivity index (χ4v) is 4.30. The van der Waals surface area contributed by atoms with E-state index < -0.39 is 37.6 Å². The first-order valence-corrected chi connectivity index (χ1v) is 10.8. The average Bonchev–Trinajstić information content (AvgIpc) is 2.97. The lowest BCUT2D eigenvalue weighted by Crippen LogP contribution is -2.40. The number of hydrogen-bond acceptors (Lipinski definition) is 8. The maximum Gasteiger partial charge on any atom is 0.304 e. The van der Waals surface area contributed by atoms with Gasteiger partial charge in [0.25, 0.3) is 0 Å². The van der Waals surface area contributed by atoms with Crippen molar-refractivity contribution in [2.24, 2.45) is 5.73 Å². The van der Waals surface area contributed by atoms with Gasteiger partial charge in [0.05, 0.1) is 18.8 Å². The molecule has 0 saturated heterocycles. The highest BCUT2D eigenvalue weighted by Gasteiger charge is 2.52. The molecule has 0 fully saturated rings. The molecule has 0 saturated carbocycles. The van der Waals surface area contributed by atoms with Crippen molar-refractivity contribution in [3.05, 3.63) is 71.3 Å². The SMILES string of the molecule is BC1(c2ccc(OC)cc2OC)OC(N)=C(OS(=O)(=O)C(B)(B)c2ccccc2)C1=O. The average molecular weight is 441 g/mol. The van der Waals surface area contributed by atoms with Gasteiger partial charge in [-0.25, -0.2) is 0 Å². The minimum absolute atomic E-state index is 0.316. The minimum atomic E-state index is -4.31. The summed E-state index contributed by atoms with van der Waals surface area (Å²) in [6, 6.07) is 13.3. The minimum Gasteiger partial charge on any atom is -0.497 e. The lowest BCUT2D eigenvalue weighted by Gasteiger charge is -2.26. The molecule has 0 aromatic heterocycles. The third-order valence-corrected chi connectivity index (χ3v) is 7.26. The number of nitrogens with two attached hydrogens (primary N) is 1. The number of benzene rings is 2. The molecule has 1 aliphatic rings. The van der Waals surface area contributed by atoms with Crippen LogP contribution in [0.2, 0.25) is 0 Å². The van der Waals surface area contributed by atoms with E-state index >= 15 is 0 Å². The second-order valence-electron chi connectivity index (χ2n) is 7.64. The highest BCUT2D eigenvalue weighted by atomic mass is 32.2. The summed E-state index contributed by atoms with van der Waals surface area (Å²) in [5.74, 6) is -0.890. The Morgan fingerprint density at radius 2 is 1.71 bits per heavy atom. The second kappa shape index (κ2) is 7.92. The Morgan fingerprint density at radius 3 is 2.29 bits per heavy atom. The van der Waals surface area contributed by atoms with E-state index in [2.05, 4.69) is 0 Å². The van der Waals surface area contributed by atoms with Crippen molar-refractivity contribution in [3.63, 3.8) is 0 Å². The normalized spacial score (nSPS) is 19.1. The third kappa shape index (κ3) is 3.76. The Labute approximate surface area is 184 Å². The van der Waals surface area contributed by atoms with Gasteiger partial charge in [-0.2, -0.15) is 8.42 Å². The summed E-state index contributed by atoms with van der Waals surface area (Å²) in [6.45, 7) is 0. The Morgan fingerprint density at radius 1 is 1.06 bits per heavy atom. The van der Waals surface area contributed by atoms with Crippen LogP contribution < -0.4 is 15.2 Å². The van der Waals surface area contributed by atoms with Crippen LogP contribution in [0.3, 0.4) is 0 Å². The van der Waals surface area contributed by atoms with E-state index in [4.69, 9.17) is 24.1 Å². The molecule has 1 aliphatic heterocycles. The molecule has 12 heteroatoms. The van der Waals surface area contributed by atoms with E-state index in [1.54, 1.807) is 48.5 Å². The number of ketones is 1. The van der Waals surface area contributed by atoms with E-state index in [1.165, 1.54) is 37.8 Å². The maximum absolute atomic E-state index is 13.3. The first-order chi connectivity index (χ1) is 14.5. The molecule has 31 heavy (non-hydrogen) atoms. The Hall–Kier alpha value is -3.01. The summed E-state index contributed by atoms with van der Waals surface area (Å²) in [5, 5.41) is 0. The van der Waals surface area contributed by atoms with Crippen LogP contribution in [0.4, 0.5) is 0 Å². The summed E-state index contributed by atoms with van der Waals surface area (Å²) in [7, 11) is 3.06. The number of carbonyl (C=O) groups is 1. The largest absolute Gasteiger partial charge is 0.497 e. The van der Waals surface area contributed by atoms with Crippen LogP contribution in [0, 0.1) is 0 Å². The molecule has 0 radical (unpaired) electrons. The van der Waals surface area contributed by atoms with Gasteiger partial charge in [0.1, 0.15) is 27.2 Å². The Kier molecular flexibility index (Phi) is 5.79. The Bertz CT molecular complexity index is 1150. The topological polar surface area (TPSA) is 114 Å². The summed E-state index contributed by atoms with van der Waals surface area (Å²) >= 11 is 0. The van der Waals surface area contributed by atoms with E-state index in [0.29, 0.717) is 22.6 Å². The molecule has 3 rings (SSSR count). The van der Waals surface area contributed by atoms with Gasteiger partial charge in [-0.1, -0.05) is 30.3 Å². The molecule has 1 heterocycles. The van der Waals surface area contributed by atoms with Crippen LogP contribution in [0.25, 0.3) is 0 Å². The number of carbonyl (C=O) groups excluding carboxylic acids is 1. The lowest BCUT2D eigenvalue weighted by molar-refractivity contribution is -0.126. The summed E-state index contributed by atoms with van der Waals surface area (Å²) in [4.78, 5) is 13.3. The number of Topliss-reactive ketones (excluding diaryl/α,β-unsaturated/α-hetero) is 1. The fraction of sp³-hybridized carbons (Fsp3) is 0.211. The first kappa shape index (κ1) is 22.7. The van der Waals surface area contributed by atoms with Crippen molar-refractivity contribution in [3.8, 4) is 11.5 Å². The van der Waals surface area contributed by atoms with E-state index in [-0.39, 0.29) is 0 Å². The standard InChI is InChI=1S/C19H22B3NO7S/c1-27-12-8-9-13(14(10-12)28-2)18(20)16(24)15(17(23)29-18)30-31(25,26)19(21,22)11-6-4-3-5-7-11/h3-10H,20-23H2,1-2H3. The van der Waals surface area contributed by atoms with Crippen LogP contribution in [0.1, 0.15) is 11.1 Å². The van der Waals surface area contributed by atoms with Gasteiger partial charge in [0, 0.05) is 11.6 Å². The number of hydrogen-bond donors (Lipinski definition) is 1. The highest BCUT2D eigenvalue weighted by Crippen LogP contribution is 2.42. The van der Waals surface area contributed by atoms with Crippen molar-refractivity contribution >= 4 is 39.4 Å². The maximum atomic E-state index is 13.3. The summed E-state index contributed by atoms with van der Waals surface area (Å²) in [6.07, 6.45) is 0. The van der Waals surface area contributed by atoms with Crippen molar-refractivity contribution in [1.82, 2.24) is 0 Å². The van der Waals surface area contributed by atoms with Gasteiger partial charge in [0.2, 0.25) is 17.4 Å². The zero-order valence-corrected chi connectivity index (χ0v) is 18.8. The Balaban J connectivity index is 1.97. The molecule has 160 valence electrons. The lowest BCUT2D eigenvalue weighted by atomic mass is 9.65. The molecular formula is C19H22B3NO7S. The van der Waals surface area contributed by atoms with Crippen molar-refractivity contribution in [2.45, 2.75) is 10.0 Å². The molecule has 2 aromatic carbocycles. The fourth-order valence-electron chi connectivity index (χ4n) is 3.29. The third-order valence-electron chi connectivity index (χ3n) is 5.39. The second-order valence-corrected chi connectivity index (χ2v) is 9.73. The predicted octanol–water partition coefficient (Wildman–Crippen LogP) is -1.36. The number of methoxy groups -OCH3 is 2. The van der Waals surface area contributed by atoms with Crippen molar-refractivity contribution in [2.75, 3.05) is 14.2 Å². The smallest absolute Gasteiger partial charge is 0.304 e. The molecule has 2 N–H and O–H groups in total. The molecule has 8 nitrogen and oxygen atoms in total. The predicted molar refractivity (Wildman–Crippen MR) is 122 cm³/mol. The summed E-state index contributed by atoms with van der Waals surface area (Å²) in [5.41, 5.74) is 5.11. The summed E-state index contributed by atoms with van der Waals surface area (Å²) < 4.78 is 46.2. The molecule has 2 aromatic rings. The zero-order valence-electron chi connectivity index (χ0n) is 18.0.